The standard InChI is InChI=1S/C12H15F2NO/c13-8-4-5-10(14)9(6-8)11(15)12(16)7-2-1-3-7/h4-7,11-12,16H,1-3,15H2/t11-,12+/m1/s1. The molecule has 3 N–H and O–H groups in total. The molecule has 0 aliphatic heterocycles. The van der Waals surface area contributed by atoms with Gasteiger partial charge in [0.15, 0.2) is 0 Å². The van der Waals surface area contributed by atoms with E-state index in [1.165, 1.54) is 0 Å². The third-order valence-electron chi connectivity index (χ3n) is 3.32. The molecule has 2 rings (SSSR count). The van der Waals surface area contributed by atoms with Crippen LogP contribution in [0.2, 0.25) is 0 Å². The van der Waals surface area contributed by atoms with Crippen LogP contribution in [-0.4, -0.2) is 11.2 Å². The number of hydrogen-bond acceptors (Lipinski definition) is 2. The van der Waals surface area contributed by atoms with E-state index < -0.39 is 23.8 Å². The molecule has 2 nitrogen and oxygen atoms in total. The Kier molecular flexibility index (Phi) is 3.21. The fourth-order valence-corrected chi connectivity index (χ4v) is 2.03. The van der Waals surface area contributed by atoms with Gasteiger partial charge in [0.25, 0.3) is 0 Å². The van der Waals surface area contributed by atoms with Crippen LogP contribution in [0, 0.1) is 17.6 Å². The Labute approximate surface area is 93.1 Å². The van der Waals surface area contributed by atoms with E-state index in [9.17, 15) is 13.9 Å². The maximum Gasteiger partial charge on any atom is 0.128 e. The van der Waals surface area contributed by atoms with Crippen molar-refractivity contribution in [1.82, 2.24) is 0 Å². The van der Waals surface area contributed by atoms with Gasteiger partial charge in [-0.15, -0.1) is 0 Å². The van der Waals surface area contributed by atoms with Gasteiger partial charge in [0, 0.05) is 5.56 Å². The summed E-state index contributed by atoms with van der Waals surface area (Å²) in [6.07, 6.45) is 2.10. The largest absolute Gasteiger partial charge is 0.391 e. The van der Waals surface area contributed by atoms with Crippen LogP contribution in [-0.2, 0) is 0 Å². The Hall–Kier alpha value is -1.00. The van der Waals surface area contributed by atoms with Crippen molar-refractivity contribution in [3.63, 3.8) is 0 Å². The number of benzene rings is 1. The first-order valence-corrected chi connectivity index (χ1v) is 5.48. The monoisotopic (exact) mass is 227 g/mol. The average molecular weight is 227 g/mol. The van der Waals surface area contributed by atoms with Crippen LogP contribution in [0.4, 0.5) is 8.78 Å². The van der Waals surface area contributed by atoms with Crippen LogP contribution in [0.1, 0.15) is 30.9 Å². The highest BCUT2D eigenvalue weighted by molar-refractivity contribution is 5.23. The third-order valence-corrected chi connectivity index (χ3v) is 3.32. The SMILES string of the molecule is N[C@H](c1cc(F)ccc1F)[C@@H](O)C1CCC1. The summed E-state index contributed by atoms with van der Waals surface area (Å²) in [6.45, 7) is 0. The number of aliphatic hydroxyl groups excluding tert-OH is 1. The molecule has 1 aromatic carbocycles. The molecule has 0 radical (unpaired) electrons. The summed E-state index contributed by atoms with van der Waals surface area (Å²) in [5.74, 6) is -0.974. The minimum absolute atomic E-state index is 0.0550. The summed E-state index contributed by atoms with van der Waals surface area (Å²) < 4.78 is 26.4. The molecule has 16 heavy (non-hydrogen) atoms. The van der Waals surface area contributed by atoms with Gasteiger partial charge in [0.05, 0.1) is 12.1 Å². The van der Waals surface area contributed by atoms with Gasteiger partial charge in [0.1, 0.15) is 11.6 Å². The fourth-order valence-electron chi connectivity index (χ4n) is 2.03. The summed E-state index contributed by atoms with van der Waals surface area (Å²) in [5, 5.41) is 9.89. The van der Waals surface area contributed by atoms with Crippen molar-refractivity contribution in [2.45, 2.75) is 31.4 Å². The number of halogens is 2. The Morgan fingerprint density at radius 2 is 2.00 bits per heavy atom. The zero-order valence-electron chi connectivity index (χ0n) is 8.87. The molecule has 1 saturated carbocycles. The van der Waals surface area contributed by atoms with E-state index in [4.69, 9.17) is 5.73 Å². The lowest BCUT2D eigenvalue weighted by Crippen LogP contribution is -2.36. The van der Waals surface area contributed by atoms with Crippen LogP contribution in [0.3, 0.4) is 0 Å². The second-order valence-electron chi connectivity index (χ2n) is 4.37. The van der Waals surface area contributed by atoms with Gasteiger partial charge in [-0.25, -0.2) is 8.78 Å². The first-order valence-electron chi connectivity index (χ1n) is 5.48. The van der Waals surface area contributed by atoms with Crippen molar-refractivity contribution in [1.29, 1.82) is 0 Å². The van der Waals surface area contributed by atoms with E-state index in [-0.39, 0.29) is 11.5 Å². The summed E-state index contributed by atoms with van der Waals surface area (Å²) in [5.41, 5.74) is 5.82. The molecule has 0 heterocycles. The van der Waals surface area contributed by atoms with Crippen LogP contribution in [0.15, 0.2) is 18.2 Å². The highest BCUT2D eigenvalue weighted by Crippen LogP contribution is 2.34. The van der Waals surface area contributed by atoms with Gasteiger partial charge < -0.3 is 10.8 Å². The van der Waals surface area contributed by atoms with Crippen LogP contribution >= 0.6 is 0 Å². The van der Waals surface area contributed by atoms with Gasteiger partial charge in [-0.3, -0.25) is 0 Å². The molecule has 0 bridgehead atoms. The van der Waals surface area contributed by atoms with E-state index in [2.05, 4.69) is 0 Å². The fraction of sp³-hybridized carbons (Fsp3) is 0.500. The first kappa shape index (κ1) is 11.5. The molecule has 0 saturated heterocycles. The quantitative estimate of drug-likeness (QED) is 0.830. The summed E-state index contributed by atoms with van der Waals surface area (Å²) >= 11 is 0. The number of rotatable bonds is 3. The van der Waals surface area contributed by atoms with E-state index in [0.717, 1.165) is 37.5 Å². The smallest absolute Gasteiger partial charge is 0.128 e. The molecule has 1 aromatic rings. The van der Waals surface area contributed by atoms with Crippen LogP contribution in [0.25, 0.3) is 0 Å². The molecular formula is C12H15F2NO. The third kappa shape index (κ3) is 2.08. The number of hydrogen-bond donors (Lipinski definition) is 2. The Morgan fingerprint density at radius 3 is 2.56 bits per heavy atom. The van der Waals surface area contributed by atoms with Crippen molar-refractivity contribution in [3.05, 3.63) is 35.4 Å². The molecular weight excluding hydrogens is 212 g/mol. The van der Waals surface area contributed by atoms with E-state index in [0.29, 0.717) is 0 Å². The van der Waals surface area contributed by atoms with Crippen molar-refractivity contribution in [3.8, 4) is 0 Å². The zero-order valence-corrected chi connectivity index (χ0v) is 8.87. The molecule has 1 aliphatic rings. The molecule has 0 amide bonds. The molecule has 1 fully saturated rings. The summed E-state index contributed by atoms with van der Waals surface area (Å²) in [6, 6.07) is 2.29. The molecule has 88 valence electrons. The Morgan fingerprint density at radius 1 is 1.31 bits per heavy atom. The predicted octanol–water partition coefficient (Wildman–Crippen LogP) is 2.13. The highest BCUT2D eigenvalue weighted by atomic mass is 19.1. The second kappa shape index (κ2) is 4.47. The van der Waals surface area contributed by atoms with Gasteiger partial charge >= 0.3 is 0 Å². The Balaban J connectivity index is 2.18. The van der Waals surface area contributed by atoms with Crippen LogP contribution in [0.5, 0.6) is 0 Å². The summed E-state index contributed by atoms with van der Waals surface area (Å²) in [4.78, 5) is 0. The predicted molar refractivity (Wildman–Crippen MR) is 56.6 cm³/mol. The number of aliphatic hydroxyl groups is 1. The van der Waals surface area contributed by atoms with Gasteiger partial charge in [0.2, 0.25) is 0 Å². The molecule has 2 atom stereocenters. The van der Waals surface area contributed by atoms with Crippen molar-refractivity contribution in [2.75, 3.05) is 0 Å². The Bertz CT molecular complexity index is 379. The lowest BCUT2D eigenvalue weighted by molar-refractivity contribution is 0.0404. The van der Waals surface area contributed by atoms with E-state index in [1.54, 1.807) is 0 Å². The minimum atomic E-state index is -0.846. The normalized spacial score (nSPS) is 20.2. The topological polar surface area (TPSA) is 46.2 Å². The van der Waals surface area contributed by atoms with Crippen LogP contribution < -0.4 is 5.73 Å². The average Bonchev–Trinajstić information content (AvgIpc) is 2.18. The molecule has 0 unspecified atom stereocenters. The zero-order chi connectivity index (χ0) is 11.7. The highest BCUT2D eigenvalue weighted by Gasteiger charge is 2.31. The lowest BCUT2D eigenvalue weighted by atomic mass is 9.77. The molecule has 0 aromatic heterocycles. The number of nitrogens with two attached hydrogens (primary N) is 1. The minimum Gasteiger partial charge on any atom is -0.391 e. The molecule has 1 aliphatic carbocycles. The van der Waals surface area contributed by atoms with Crippen molar-refractivity contribution >= 4 is 0 Å². The summed E-state index contributed by atoms with van der Waals surface area (Å²) in [7, 11) is 0. The van der Waals surface area contributed by atoms with E-state index >= 15 is 0 Å². The van der Waals surface area contributed by atoms with Crippen molar-refractivity contribution < 1.29 is 13.9 Å². The van der Waals surface area contributed by atoms with Crippen molar-refractivity contribution in [2.24, 2.45) is 11.7 Å². The van der Waals surface area contributed by atoms with E-state index in [1.807, 2.05) is 0 Å². The molecule has 0 spiro atoms. The first-order chi connectivity index (χ1) is 7.59. The maximum absolute atomic E-state index is 13.4. The lowest BCUT2D eigenvalue weighted by Gasteiger charge is -2.33. The van der Waals surface area contributed by atoms with Gasteiger partial charge in [-0.1, -0.05) is 6.42 Å². The maximum atomic E-state index is 13.4. The second-order valence-corrected chi connectivity index (χ2v) is 4.37. The van der Waals surface area contributed by atoms with Gasteiger partial charge in [-0.05, 0) is 37.0 Å². The molecule has 4 heteroatoms. The van der Waals surface area contributed by atoms with Gasteiger partial charge in [-0.2, -0.15) is 0 Å².